The Morgan fingerprint density at radius 3 is 3.17 bits per heavy atom. The van der Waals surface area contributed by atoms with Gasteiger partial charge in [0.25, 0.3) is 5.91 Å². The number of anilines is 1. The molecular weight excluding hydrogens is 230 g/mol. The number of H-pyrrole nitrogens is 1. The van der Waals surface area contributed by atoms with Crippen molar-refractivity contribution in [1.82, 2.24) is 20.5 Å². The van der Waals surface area contributed by atoms with Gasteiger partial charge in [-0.25, -0.2) is 4.98 Å². The molecule has 3 rings (SSSR count). The van der Waals surface area contributed by atoms with Gasteiger partial charge in [0, 0.05) is 37.0 Å². The summed E-state index contributed by atoms with van der Waals surface area (Å²) >= 11 is 0. The molecule has 0 aliphatic carbocycles. The lowest BCUT2D eigenvalue weighted by Gasteiger charge is -2.12. The predicted molar refractivity (Wildman–Crippen MR) is 66.2 cm³/mol. The highest BCUT2D eigenvalue weighted by Crippen LogP contribution is 2.16. The molecule has 0 unspecified atom stereocenters. The van der Waals surface area contributed by atoms with Gasteiger partial charge >= 0.3 is 0 Å². The van der Waals surface area contributed by atoms with Gasteiger partial charge in [0.2, 0.25) is 0 Å². The van der Waals surface area contributed by atoms with Crippen molar-refractivity contribution >= 4 is 11.7 Å². The van der Waals surface area contributed by atoms with E-state index in [0.29, 0.717) is 18.1 Å². The lowest BCUT2D eigenvalue weighted by Crippen LogP contribution is -2.25. The fraction of sp³-hybridized carbons (Fsp3) is 0.250. The number of nitrogens with one attached hydrogen (secondary N) is 3. The predicted octanol–water partition coefficient (Wildman–Crippen LogP) is 0.703. The summed E-state index contributed by atoms with van der Waals surface area (Å²) in [4.78, 5) is 16.1. The first-order valence-corrected chi connectivity index (χ1v) is 5.84. The topological polar surface area (TPSA) is 82.7 Å². The van der Waals surface area contributed by atoms with Gasteiger partial charge in [0.05, 0.1) is 0 Å². The van der Waals surface area contributed by atoms with E-state index in [0.717, 1.165) is 24.2 Å². The Balaban J connectivity index is 1.83. The van der Waals surface area contributed by atoms with E-state index >= 15 is 0 Å². The Labute approximate surface area is 104 Å². The van der Waals surface area contributed by atoms with Crippen LogP contribution in [-0.4, -0.2) is 27.6 Å². The van der Waals surface area contributed by atoms with Crippen LogP contribution in [0.4, 0.5) is 5.82 Å². The number of nitrogens with zero attached hydrogens (tertiary/aromatic N) is 2. The van der Waals surface area contributed by atoms with Crippen molar-refractivity contribution in [3.05, 3.63) is 41.3 Å². The van der Waals surface area contributed by atoms with Crippen molar-refractivity contribution in [3.8, 4) is 0 Å². The van der Waals surface area contributed by atoms with Crippen LogP contribution in [0.15, 0.2) is 24.4 Å². The van der Waals surface area contributed by atoms with Gasteiger partial charge in [-0.05, 0) is 12.1 Å². The van der Waals surface area contributed by atoms with Gasteiger partial charge in [0.15, 0.2) is 5.69 Å². The summed E-state index contributed by atoms with van der Waals surface area (Å²) < 4.78 is 0. The van der Waals surface area contributed by atoms with Crippen LogP contribution in [0.25, 0.3) is 0 Å². The average molecular weight is 243 g/mol. The Kier molecular flexibility index (Phi) is 2.77. The second-order valence-electron chi connectivity index (χ2n) is 4.13. The quantitative estimate of drug-likeness (QED) is 0.725. The number of aromatic amines is 1. The van der Waals surface area contributed by atoms with Crippen LogP contribution in [0, 0.1) is 0 Å². The maximum absolute atomic E-state index is 12.1. The lowest BCUT2D eigenvalue weighted by atomic mass is 10.1. The van der Waals surface area contributed by atoms with Crippen LogP contribution in [0.1, 0.15) is 21.7 Å². The molecular formula is C12H13N5O. The second kappa shape index (κ2) is 4.58. The number of carbonyl (C=O) groups excluding carboxylic acids is 1. The van der Waals surface area contributed by atoms with Gasteiger partial charge in [-0.3, -0.25) is 9.89 Å². The third-order valence-corrected chi connectivity index (χ3v) is 2.93. The van der Waals surface area contributed by atoms with Gasteiger partial charge in [-0.15, -0.1) is 0 Å². The number of aromatic nitrogens is 3. The minimum absolute atomic E-state index is 0.227. The molecule has 92 valence electrons. The zero-order valence-corrected chi connectivity index (χ0v) is 9.73. The van der Waals surface area contributed by atoms with E-state index < -0.39 is 0 Å². The molecule has 1 aliphatic rings. The fourth-order valence-corrected chi connectivity index (χ4v) is 2.03. The fourth-order valence-electron chi connectivity index (χ4n) is 2.03. The number of rotatable bonds is 2. The normalized spacial score (nSPS) is 14.0. The highest BCUT2D eigenvalue weighted by molar-refractivity contribution is 6.03. The monoisotopic (exact) mass is 243 g/mol. The van der Waals surface area contributed by atoms with Gasteiger partial charge < -0.3 is 10.6 Å². The van der Waals surface area contributed by atoms with Gasteiger partial charge in [0.1, 0.15) is 5.82 Å². The van der Waals surface area contributed by atoms with E-state index in [4.69, 9.17) is 0 Å². The number of hydrogen-bond donors (Lipinski definition) is 3. The van der Waals surface area contributed by atoms with E-state index in [1.165, 1.54) is 0 Å². The van der Waals surface area contributed by atoms with E-state index in [2.05, 4.69) is 25.8 Å². The van der Waals surface area contributed by atoms with Crippen molar-refractivity contribution in [2.75, 3.05) is 11.9 Å². The summed E-state index contributed by atoms with van der Waals surface area (Å²) in [5.74, 6) is 0.304. The van der Waals surface area contributed by atoms with Gasteiger partial charge in [-0.1, -0.05) is 6.07 Å². The van der Waals surface area contributed by atoms with Crippen LogP contribution in [-0.2, 0) is 13.0 Å². The second-order valence-corrected chi connectivity index (χ2v) is 4.13. The van der Waals surface area contributed by atoms with Gasteiger partial charge in [-0.2, -0.15) is 5.10 Å². The van der Waals surface area contributed by atoms with Crippen molar-refractivity contribution in [3.63, 3.8) is 0 Å². The first-order chi connectivity index (χ1) is 8.84. The molecule has 0 aromatic carbocycles. The van der Waals surface area contributed by atoms with Crippen molar-refractivity contribution in [1.29, 1.82) is 0 Å². The number of amides is 1. The highest BCUT2D eigenvalue weighted by Gasteiger charge is 2.21. The summed E-state index contributed by atoms with van der Waals surface area (Å²) in [6.45, 7) is 1.59. The van der Waals surface area contributed by atoms with E-state index in [1.54, 1.807) is 18.3 Å². The van der Waals surface area contributed by atoms with Crippen molar-refractivity contribution in [2.45, 2.75) is 13.0 Å². The molecule has 6 heteroatoms. The summed E-state index contributed by atoms with van der Waals surface area (Å²) in [6.07, 6.45) is 2.51. The largest absolute Gasteiger partial charge is 0.312 e. The molecule has 1 aliphatic heterocycles. The SMILES string of the molecule is O=C(Nc1ccccn1)c1n[nH]c2c1CNCC2. The van der Waals surface area contributed by atoms with Crippen LogP contribution < -0.4 is 10.6 Å². The molecule has 0 fully saturated rings. The maximum atomic E-state index is 12.1. The third kappa shape index (κ3) is 1.98. The summed E-state index contributed by atoms with van der Waals surface area (Å²) in [5.41, 5.74) is 2.44. The molecule has 3 N–H and O–H groups in total. The number of carbonyl (C=O) groups is 1. The molecule has 18 heavy (non-hydrogen) atoms. The summed E-state index contributed by atoms with van der Waals surface area (Å²) in [6, 6.07) is 5.37. The number of hydrogen-bond acceptors (Lipinski definition) is 4. The van der Waals surface area contributed by atoms with Crippen molar-refractivity contribution < 1.29 is 4.79 Å². The molecule has 0 radical (unpaired) electrons. The number of pyridine rings is 1. The minimum atomic E-state index is -0.227. The van der Waals surface area contributed by atoms with Crippen LogP contribution in [0.3, 0.4) is 0 Å². The first-order valence-electron chi connectivity index (χ1n) is 5.84. The average Bonchev–Trinajstić information content (AvgIpc) is 2.84. The Morgan fingerprint density at radius 2 is 2.33 bits per heavy atom. The molecule has 0 saturated carbocycles. The van der Waals surface area contributed by atoms with E-state index in [9.17, 15) is 4.79 Å². The third-order valence-electron chi connectivity index (χ3n) is 2.93. The van der Waals surface area contributed by atoms with Crippen LogP contribution >= 0.6 is 0 Å². The highest BCUT2D eigenvalue weighted by atomic mass is 16.2. The van der Waals surface area contributed by atoms with Crippen LogP contribution in [0.5, 0.6) is 0 Å². The van der Waals surface area contributed by atoms with E-state index in [-0.39, 0.29) is 5.91 Å². The molecule has 1 amide bonds. The zero-order valence-electron chi connectivity index (χ0n) is 9.73. The summed E-state index contributed by atoms with van der Waals surface area (Å²) in [7, 11) is 0. The molecule has 0 saturated heterocycles. The molecule has 6 nitrogen and oxygen atoms in total. The number of fused-ring (bicyclic) bond motifs is 1. The molecule has 0 spiro atoms. The Morgan fingerprint density at radius 1 is 1.39 bits per heavy atom. The lowest BCUT2D eigenvalue weighted by molar-refractivity contribution is 0.102. The zero-order chi connectivity index (χ0) is 12.4. The maximum Gasteiger partial charge on any atom is 0.277 e. The smallest absolute Gasteiger partial charge is 0.277 e. The standard InChI is InChI=1S/C12H13N5O/c18-12(15-10-3-1-2-5-14-10)11-8-7-13-6-4-9(8)16-17-11/h1-3,5,13H,4,6-7H2,(H,16,17)(H,14,15,18). The Hall–Kier alpha value is -2.21. The van der Waals surface area contributed by atoms with Crippen molar-refractivity contribution in [2.24, 2.45) is 0 Å². The molecule has 3 heterocycles. The minimum Gasteiger partial charge on any atom is -0.312 e. The molecule has 0 bridgehead atoms. The summed E-state index contributed by atoms with van der Waals surface area (Å²) in [5, 5.41) is 13.0. The molecule has 2 aromatic rings. The molecule has 0 atom stereocenters. The molecule has 2 aromatic heterocycles. The van der Waals surface area contributed by atoms with Crippen LogP contribution in [0.2, 0.25) is 0 Å². The first kappa shape index (κ1) is 10.9. The Bertz CT molecular complexity index is 563. The van der Waals surface area contributed by atoms with E-state index in [1.807, 2.05) is 6.07 Å².